The van der Waals surface area contributed by atoms with Crippen LogP contribution >= 0.6 is 0 Å². The van der Waals surface area contributed by atoms with Gasteiger partial charge >= 0.3 is 0 Å². The second kappa shape index (κ2) is 5.14. The second-order valence-corrected chi connectivity index (χ2v) is 4.34. The molecule has 19 heavy (non-hydrogen) atoms. The third-order valence-corrected chi connectivity index (χ3v) is 3.24. The minimum Gasteiger partial charge on any atom is -0.271 e. The molecule has 0 aliphatic carbocycles. The number of hydrogen-bond donors (Lipinski definition) is 2. The van der Waals surface area contributed by atoms with Gasteiger partial charge < -0.3 is 0 Å². The summed E-state index contributed by atoms with van der Waals surface area (Å²) in [5, 5.41) is 10.1. The van der Waals surface area contributed by atoms with Crippen LogP contribution in [0.2, 0.25) is 0 Å². The Balaban J connectivity index is 2.17. The summed E-state index contributed by atoms with van der Waals surface area (Å²) in [4.78, 5) is 0. The fourth-order valence-electron chi connectivity index (χ4n) is 2.34. The Morgan fingerprint density at radius 3 is 2.58 bits per heavy atom. The maximum atomic E-state index is 5.73. The molecule has 0 radical (unpaired) electrons. The Labute approximate surface area is 111 Å². The molecule has 3 aromatic rings. The topological polar surface area (TPSA) is 63.8 Å². The van der Waals surface area contributed by atoms with Gasteiger partial charge in [0.05, 0.1) is 12.2 Å². The van der Waals surface area contributed by atoms with Crippen molar-refractivity contribution in [1.29, 1.82) is 0 Å². The number of nitrogens with zero attached hydrogens (tertiary/aromatic N) is 2. The van der Waals surface area contributed by atoms with Crippen LogP contribution in [0.1, 0.15) is 17.2 Å². The van der Waals surface area contributed by atoms with Gasteiger partial charge in [0.25, 0.3) is 0 Å². The average Bonchev–Trinajstić information content (AvgIpc) is 2.49. The fraction of sp³-hybridized carbons (Fsp3) is 0.0667. The summed E-state index contributed by atoms with van der Waals surface area (Å²) < 4.78 is 0. The second-order valence-electron chi connectivity index (χ2n) is 4.34. The lowest BCUT2D eigenvalue weighted by atomic mass is 9.95. The molecule has 3 rings (SSSR count). The van der Waals surface area contributed by atoms with Gasteiger partial charge in [-0.25, -0.2) is 5.43 Å². The van der Waals surface area contributed by atoms with Gasteiger partial charge in [-0.2, -0.15) is 10.2 Å². The SMILES string of the molecule is NNC(c1ccnnc1)c1cccc2ccccc12. The van der Waals surface area contributed by atoms with Crippen molar-refractivity contribution in [3.05, 3.63) is 72.1 Å². The number of rotatable bonds is 3. The molecule has 0 aliphatic rings. The quantitative estimate of drug-likeness (QED) is 0.552. The van der Waals surface area contributed by atoms with Crippen molar-refractivity contribution in [2.45, 2.75) is 6.04 Å². The van der Waals surface area contributed by atoms with Gasteiger partial charge in [0, 0.05) is 6.20 Å². The molecule has 1 heterocycles. The van der Waals surface area contributed by atoms with Crippen LogP contribution < -0.4 is 11.3 Å². The van der Waals surface area contributed by atoms with Crippen molar-refractivity contribution < 1.29 is 0 Å². The monoisotopic (exact) mass is 250 g/mol. The highest BCUT2D eigenvalue weighted by molar-refractivity contribution is 5.86. The van der Waals surface area contributed by atoms with E-state index in [4.69, 9.17) is 5.84 Å². The molecule has 0 fully saturated rings. The highest BCUT2D eigenvalue weighted by Gasteiger charge is 2.14. The zero-order valence-corrected chi connectivity index (χ0v) is 10.3. The predicted octanol–water partition coefficient (Wildman–Crippen LogP) is 2.18. The van der Waals surface area contributed by atoms with Crippen LogP contribution in [-0.2, 0) is 0 Å². The van der Waals surface area contributed by atoms with E-state index in [-0.39, 0.29) is 6.04 Å². The van der Waals surface area contributed by atoms with Gasteiger partial charge in [0.1, 0.15) is 0 Å². The molecule has 3 N–H and O–H groups in total. The van der Waals surface area contributed by atoms with Gasteiger partial charge in [-0.15, -0.1) is 0 Å². The summed E-state index contributed by atoms with van der Waals surface area (Å²) >= 11 is 0. The van der Waals surface area contributed by atoms with Gasteiger partial charge in [0.15, 0.2) is 0 Å². The van der Waals surface area contributed by atoms with E-state index in [0.29, 0.717) is 0 Å². The van der Waals surface area contributed by atoms with Crippen molar-refractivity contribution in [1.82, 2.24) is 15.6 Å². The summed E-state index contributed by atoms with van der Waals surface area (Å²) in [6, 6.07) is 16.3. The Hall–Kier alpha value is -2.30. The molecular weight excluding hydrogens is 236 g/mol. The first-order chi connectivity index (χ1) is 9.40. The summed E-state index contributed by atoms with van der Waals surface area (Å²) in [5.74, 6) is 5.73. The van der Waals surface area contributed by atoms with Gasteiger partial charge in [-0.1, -0.05) is 42.5 Å². The zero-order chi connectivity index (χ0) is 13.1. The molecule has 4 nitrogen and oxygen atoms in total. The van der Waals surface area contributed by atoms with E-state index in [2.05, 4.69) is 39.9 Å². The number of hydrogen-bond acceptors (Lipinski definition) is 4. The van der Waals surface area contributed by atoms with Gasteiger partial charge in [0.2, 0.25) is 0 Å². The largest absolute Gasteiger partial charge is 0.271 e. The maximum absolute atomic E-state index is 5.73. The molecule has 0 aliphatic heterocycles. The summed E-state index contributed by atoms with van der Waals surface area (Å²) in [6.07, 6.45) is 3.40. The Morgan fingerprint density at radius 1 is 0.947 bits per heavy atom. The first-order valence-corrected chi connectivity index (χ1v) is 6.10. The lowest BCUT2D eigenvalue weighted by Crippen LogP contribution is -2.29. The number of nitrogens with two attached hydrogens (primary N) is 1. The van der Waals surface area contributed by atoms with E-state index in [9.17, 15) is 0 Å². The number of nitrogens with one attached hydrogen (secondary N) is 1. The van der Waals surface area contributed by atoms with Crippen molar-refractivity contribution in [3.63, 3.8) is 0 Å². The highest BCUT2D eigenvalue weighted by atomic mass is 15.2. The van der Waals surface area contributed by atoms with Gasteiger partial charge in [-0.3, -0.25) is 5.84 Å². The van der Waals surface area contributed by atoms with Crippen LogP contribution in [0.4, 0.5) is 0 Å². The Morgan fingerprint density at radius 2 is 1.79 bits per heavy atom. The number of benzene rings is 2. The summed E-state index contributed by atoms with van der Waals surface area (Å²) in [6.45, 7) is 0. The first-order valence-electron chi connectivity index (χ1n) is 6.10. The van der Waals surface area contributed by atoms with E-state index in [1.165, 1.54) is 10.8 Å². The standard InChI is InChI=1S/C15H14N4/c16-19-15(12-8-9-17-18-10-12)14-7-3-5-11-4-1-2-6-13(11)14/h1-10,15,19H,16H2. The highest BCUT2D eigenvalue weighted by Crippen LogP contribution is 2.27. The number of aromatic nitrogens is 2. The zero-order valence-electron chi connectivity index (χ0n) is 10.3. The van der Waals surface area contributed by atoms with Crippen molar-refractivity contribution in [2.75, 3.05) is 0 Å². The van der Waals surface area contributed by atoms with E-state index in [1.807, 2.05) is 24.3 Å². The molecule has 4 heteroatoms. The van der Waals surface area contributed by atoms with E-state index in [1.54, 1.807) is 12.4 Å². The van der Waals surface area contributed by atoms with Crippen LogP contribution in [0, 0.1) is 0 Å². The molecule has 0 bridgehead atoms. The van der Waals surface area contributed by atoms with E-state index < -0.39 is 0 Å². The molecule has 94 valence electrons. The lowest BCUT2D eigenvalue weighted by molar-refractivity contribution is 0.636. The molecule has 0 amide bonds. The van der Waals surface area contributed by atoms with Crippen LogP contribution in [0.25, 0.3) is 10.8 Å². The van der Waals surface area contributed by atoms with Gasteiger partial charge in [-0.05, 0) is 28.0 Å². The van der Waals surface area contributed by atoms with E-state index >= 15 is 0 Å². The third-order valence-electron chi connectivity index (χ3n) is 3.24. The predicted molar refractivity (Wildman–Crippen MR) is 75.1 cm³/mol. The molecule has 1 atom stereocenters. The Kier molecular flexibility index (Phi) is 3.18. The molecule has 0 spiro atoms. The minimum absolute atomic E-state index is 0.0957. The third kappa shape index (κ3) is 2.19. The molecule has 0 saturated carbocycles. The minimum atomic E-state index is -0.0957. The summed E-state index contributed by atoms with van der Waals surface area (Å²) in [5.41, 5.74) is 4.99. The number of hydrazine groups is 1. The normalized spacial score (nSPS) is 12.5. The average molecular weight is 250 g/mol. The summed E-state index contributed by atoms with van der Waals surface area (Å²) in [7, 11) is 0. The van der Waals surface area contributed by atoms with Crippen molar-refractivity contribution >= 4 is 10.8 Å². The van der Waals surface area contributed by atoms with E-state index in [0.717, 1.165) is 11.1 Å². The molecule has 1 unspecified atom stereocenters. The smallest absolute Gasteiger partial charge is 0.0732 e. The molecular formula is C15H14N4. The first kappa shape index (κ1) is 11.8. The van der Waals surface area contributed by atoms with Crippen LogP contribution in [0.5, 0.6) is 0 Å². The van der Waals surface area contributed by atoms with Crippen LogP contribution in [-0.4, -0.2) is 10.2 Å². The Bertz CT molecular complexity index is 677. The molecule has 0 saturated heterocycles. The lowest BCUT2D eigenvalue weighted by Gasteiger charge is -2.18. The molecule has 2 aromatic carbocycles. The van der Waals surface area contributed by atoms with Crippen LogP contribution in [0.15, 0.2) is 60.9 Å². The maximum Gasteiger partial charge on any atom is 0.0732 e. The van der Waals surface area contributed by atoms with Crippen molar-refractivity contribution in [2.24, 2.45) is 5.84 Å². The fourth-order valence-corrected chi connectivity index (χ4v) is 2.34. The van der Waals surface area contributed by atoms with Crippen LogP contribution in [0.3, 0.4) is 0 Å². The van der Waals surface area contributed by atoms with Crippen molar-refractivity contribution in [3.8, 4) is 0 Å². The number of fused-ring (bicyclic) bond motifs is 1. The molecule has 1 aromatic heterocycles.